The van der Waals surface area contributed by atoms with Crippen LogP contribution >= 0.6 is 23.2 Å². The lowest BCUT2D eigenvalue weighted by molar-refractivity contribution is 0.0951. The number of aromatic hydroxyl groups is 4. The number of nitrogens with zero attached hydrogens (tertiary/aromatic N) is 1. The molecule has 23 heavy (non-hydrogen) atoms. The first-order chi connectivity index (χ1) is 10.8. The number of nitrogens with one attached hydrogen (secondary N) is 1. The van der Waals surface area contributed by atoms with Gasteiger partial charge in [0, 0.05) is 10.6 Å². The number of hydrazone groups is 1. The van der Waals surface area contributed by atoms with Crippen LogP contribution in [0.3, 0.4) is 0 Å². The van der Waals surface area contributed by atoms with E-state index in [9.17, 15) is 25.2 Å². The SMILES string of the molecule is O=C(NN=Cc1cc(Cl)cc(Cl)c1O)c1ccc(O)c(O)c1O. The molecule has 0 aliphatic heterocycles. The predicted molar refractivity (Wildman–Crippen MR) is 84.6 cm³/mol. The third-order valence-electron chi connectivity index (χ3n) is 2.80. The zero-order chi connectivity index (χ0) is 17.1. The number of carbonyl (C=O) groups is 1. The Morgan fingerprint density at radius 2 is 1.74 bits per heavy atom. The summed E-state index contributed by atoms with van der Waals surface area (Å²) in [6.07, 6.45) is 1.10. The molecule has 120 valence electrons. The van der Waals surface area contributed by atoms with Gasteiger partial charge < -0.3 is 20.4 Å². The number of hydrogen-bond acceptors (Lipinski definition) is 6. The number of phenols is 4. The van der Waals surface area contributed by atoms with Crippen LogP contribution in [0.1, 0.15) is 15.9 Å². The van der Waals surface area contributed by atoms with Crippen molar-refractivity contribution in [1.82, 2.24) is 5.43 Å². The minimum absolute atomic E-state index is 0.0198. The topological polar surface area (TPSA) is 122 Å². The molecule has 0 aliphatic carbocycles. The molecular weight excluding hydrogens is 347 g/mol. The molecule has 0 unspecified atom stereocenters. The molecule has 1 amide bonds. The Bertz CT molecular complexity index is 808. The molecule has 0 saturated carbocycles. The average molecular weight is 357 g/mol. The average Bonchev–Trinajstić information content (AvgIpc) is 2.49. The lowest BCUT2D eigenvalue weighted by atomic mass is 10.1. The maximum atomic E-state index is 11.8. The molecule has 0 heterocycles. The molecule has 0 atom stereocenters. The number of rotatable bonds is 3. The largest absolute Gasteiger partial charge is 0.506 e. The molecule has 0 fully saturated rings. The van der Waals surface area contributed by atoms with Gasteiger partial charge in [-0.25, -0.2) is 5.43 Å². The van der Waals surface area contributed by atoms with E-state index < -0.39 is 23.2 Å². The van der Waals surface area contributed by atoms with Gasteiger partial charge in [-0.15, -0.1) is 0 Å². The summed E-state index contributed by atoms with van der Waals surface area (Å²) in [5.74, 6) is -3.28. The summed E-state index contributed by atoms with van der Waals surface area (Å²) >= 11 is 11.5. The minimum atomic E-state index is -0.846. The maximum absolute atomic E-state index is 11.8. The first-order valence-corrected chi connectivity index (χ1v) is 6.82. The van der Waals surface area contributed by atoms with Crippen LogP contribution in [0.25, 0.3) is 0 Å². The highest BCUT2D eigenvalue weighted by Crippen LogP contribution is 2.36. The van der Waals surface area contributed by atoms with Gasteiger partial charge in [-0.05, 0) is 24.3 Å². The number of phenolic OH excluding ortho intramolecular Hbond substituents is 4. The highest BCUT2D eigenvalue weighted by Gasteiger charge is 2.16. The molecule has 9 heteroatoms. The summed E-state index contributed by atoms with van der Waals surface area (Å²) in [5.41, 5.74) is 1.95. The molecule has 2 aromatic rings. The third-order valence-corrected chi connectivity index (χ3v) is 3.31. The van der Waals surface area contributed by atoms with Crippen LogP contribution in [0.2, 0.25) is 10.0 Å². The summed E-state index contributed by atoms with van der Waals surface area (Å²) in [6.45, 7) is 0. The van der Waals surface area contributed by atoms with Crippen LogP contribution in [0.5, 0.6) is 23.0 Å². The van der Waals surface area contributed by atoms with E-state index >= 15 is 0 Å². The summed E-state index contributed by atoms with van der Waals surface area (Å²) in [4.78, 5) is 11.8. The normalized spacial score (nSPS) is 10.9. The van der Waals surface area contributed by atoms with Crippen LogP contribution in [-0.4, -0.2) is 32.5 Å². The molecule has 7 nitrogen and oxygen atoms in total. The van der Waals surface area contributed by atoms with Gasteiger partial charge >= 0.3 is 0 Å². The van der Waals surface area contributed by atoms with Crippen molar-refractivity contribution >= 4 is 35.3 Å². The molecule has 0 bridgehead atoms. The molecule has 2 rings (SSSR count). The van der Waals surface area contributed by atoms with Gasteiger partial charge in [0.05, 0.1) is 16.8 Å². The van der Waals surface area contributed by atoms with E-state index in [2.05, 4.69) is 10.5 Å². The van der Waals surface area contributed by atoms with Crippen molar-refractivity contribution in [2.24, 2.45) is 5.10 Å². The van der Waals surface area contributed by atoms with Gasteiger partial charge in [-0.3, -0.25) is 4.79 Å². The van der Waals surface area contributed by atoms with Gasteiger partial charge in [0.1, 0.15) is 5.75 Å². The highest BCUT2D eigenvalue weighted by atomic mass is 35.5. The number of halogens is 2. The van der Waals surface area contributed by atoms with Crippen molar-refractivity contribution in [2.45, 2.75) is 0 Å². The molecule has 2 aromatic carbocycles. The Hall–Kier alpha value is -2.64. The number of benzene rings is 2. The quantitative estimate of drug-likeness (QED) is 0.328. The van der Waals surface area contributed by atoms with Crippen molar-refractivity contribution in [2.75, 3.05) is 0 Å². The fourth-order valence-electron chi connectivity index (χ4n) is 1.66. The van der Waals surface area contributed by atoms with Gasteiger partial charge in [0.15, 0.2) is 11.5 Å². The van der Waals surface area contributed by atoms with E-state index in [4.69, 9.17) is 23.2 Å². The van der Waals surface area contributed by atoms with Crippen LogP contribution in [0, 0.1) is 0 Å². The summed E-state index contributed by atoms with van der Waals surface area (Å²) in [7, 11) is 0. The molecule has 0 spiro atoms. The monoisotopic (exact) mass is 356 g/mol. The van der Waals surface area contributed by atoms with Gasteiger partial charge in [-0.1, -0.05) is 23.2 Å². The van der Waals surface area contributed by atoms with Crippen molar-refractivity contribution in [3.8, 4) is 23.0 Å². The molecular formula is C14H10Cl2N2O5. The molecule has 0 radical (unpaired) electrons. The van der Waals surface area contributed by atoms with E-state index in [0.717, 1.165) is 18.3 Å². The summed E-state index contributed by atoms with van der Waals surface area (Å²) in [5, 5.41) is 41.7. The second kappa shape index (κ2) is 6.64. The summed E-state index contributed by atoms with van der Waals surface area (Å²) in [6, 6.07) is 4.85. The number of hydrogen-bond donors (Lipinski definition) is 5. The van der Waals surface area contributed by atoms with Crippen molar-refractivity contribution in [3.63, 3.8) is 0 Å². The Kier molecular flexibility index (Phi) is 4.83. The standard InChI is InChI=1S/C14H10Cl2N2O5/c15-7-3-6(11(20)9(16)4-7)5-17-18-14(23)8-1-2-10(19)13(22)12(8)21/h1-5,19-22H,(H,18,23). The lowest BCUT2D eigenvalue weighted by Crippen LogP contribution is -2.17. The van der Waals surface area contributed by atoms with E-state index in [1.54, 1.807) is 0 Å². The van der Waals surface area contributed by atoms with Gasteiger partial charge in [0.25, 0.3) is 5.91 Å². The second-order valence-corrected chi connectivity index (χ2v) is 5.20. The van der Waals surface area contributed by atoms with Crippen molar-refractivity contribution < 1.29 is 25.2 Å². The van der Waals surface area contributed by atoms with Gasteiger partial charge in [-0.2, -0.15) is 5.10 Å². The lowest BCUT2D eigenvalue weighted by Gasteiger charge is -2.06. The van der Waals surface area contributed by atoms with E-state index in [1.165, 1.54) is 12.1 Å². The Morgan fingerprint density at radius 3 is 2.43 bits per heavy atom. The predicted octanol–water partition coefficient (Wildman–Crippen LogP) is 2.58. The number of amides is 1. The molecule has 5 N–H and O–H groups in total. The van der Waals surface area contributed by atoms with Crippen LogP contribution < -0.4 is 5.43 Å². The smallest absolute Gasteiger partial charge is 0.275 e. The fraction of sp³-hybridized carbons (Fsp3) is 0. The molecule has 0 aromatic heterocycles. The third kappa shape index (κ3) is 3.58. The summed E-state index contributed by atoms with van der Waals surface area (Å²) < 4.78 is 0. The zero-order valence-corrected chi connectivity index (χ0v) is 12.8. The minimum Gasteiger partial charge on any atom is -0.506 e. The van der Waals surface area contributed by atoms with Crippen LogP contribution in [0.15, 0.2) is 29.4 Å². The first kappa shape index (κ1) is 16.7. The van der Waals surface area contributed by atoms with Crippen molar-refractivity contribution in [1.29, 1.82) is 0 Å². The Labute approximate surface area is 140 Å². The highest BCUT2D eigenvalue weighted by molar-refractivity contribution is 6.36. The van der Waals surface area contributed by atoms with Gasteiger partial charge in [0.2, 0.25) is 5.75 Å². The van der Waals surface area contributed by atoms with E-state index in [0.29, 0.717) is 0 Å². The van der Waals surface area contributed by atoms with E-state index in [1.807, 2.05) is 0 Å². The van der Waals surface area contributed by atoms with E-state index in [-0.39, 0.29) is 26.9 Å². The Morgan fingerprint density at radius 1 is 1.04 bits per heavy atom. The van der Waals surface area contributed by atoms with Crippen molar-refractivity contribution in [3.05, 3.63) is 45.4 Å². The second-order valence-electron chi connectivity index (χ2n) is 4.35. The maximum Gasteiger partial charge on any atom is 0.275 e. The van der Waals surface area contributed by atoms with Crippen LogP contribution in [0.4, 0.5) is 0 Å². The number of carbonyl (C=O) groups excluding carboxylic acids is 1. The molecule has 0 saturated heterocycles. The molecule has 0 aliphatic rings. The van der Waals surface area contributed by atoms with Crippen LogP contribution in [-0.2, 0) is 0 Å². The fourth-order valence-corrected chi connectivity index (χ4v) is 2.17. The zero-order valence-electron chi connectivity index (χ0n) is 11.3. The Balaban J connectivity index is 2.18. The first-order valence-electron chi connectivity index (χ1n) is 6.06.